The van der Waals surface area contributed by atoms with Gasteiger partial charge in [-0.15, -0.1) is 0 Å². The second kappa shape index (κ2) is 8.35. The highest BCUT2D eigenvalue weighted by molar-refractivity contribution is 5.97. The Kier molecular flexibility index (Phi) is 5.71. The van der Waals surface area contributed by atoms with Crippen molar-refractivity contribution < 1.29 is 18.8 Å². The minimum Gasteiger partial charge on any atom is -0.497 e. The molecule has 7 heteroatoms. The quantitative estimate of drug-likeness (QED) is 0.688. The van der Waals surface area contributed by atoms with Gasteiger partial charge in [0.2, 0.25) is 5.82 Å². The first-order chi connectivity index (χ1) is 13.1. The Morgan fingerprint density at radius 3 is 2.59 bits per heavy atom. The predicted molar refractivity (Wildman–Crippen MR) is 99.7 cm³/mol. The van der Waals surface area contributed by atoms with Crippen molar-refractivity contribution in [3.05, 3.63) is 60.0 Å². The Bertz CT molecular complexity index is 904. The van der Waals surface area contributed by atoms with Crippen LogP contribution in [0.5, 0.6) is 11.5 Å². The number of carbonyl (C=O) groups is 1. The molecule has 3 aromatic rings. The summed E-state index contributed by atoms with van der Waals surface area (Å²) in [6.07, 6.45) is 0. The molecule has 0 radical (unpaired) electrons. The number of hydrogen-bond donors (Lipinski definition) is 1. The summed E-state index contributed by atoms with van der Waals surface area (Å²) < 4.78 is 16.1. The first-order valence-corrected chi connectivity index (χ1v) is 8.56. The van der Waals surface area contributed by atoms with Crippen molar-refractivity contribution in [1.82, 2.24) is 15.5 Å². The first kappa shape index (κ1) is 18.4. The Morgan fingerprint density at radius 1 is 1.15 bits per heavy atom. The molecular weight excluding hydrogens is 346 g/mol. The zero-order valence-corrected chi connectivity index (χ0v) is 15.4. The van der Waals surface area contributed by atoms with Gasteiger partial charge >= 0.3 is 0 Å². The van der Waals surface area contributed by atoms with Gasteiger partial charge in [-0.2, -0.15) is 4.98 Å². The molecule has 1 heterocycles. The average Bonchev–Trinajstić information content (AvgIpc) is 3.15. The average molecular weight is 367 g/mol. The summed E-state index contributed by atoms with van der Waals surface area (Å²) >= 11 is 0. The molecule has 0 aliphatic rings. The number of amides is 1. The van der Waals surface area contributed by atoms with Gasteiger partial charge in [-0.25, -0.2) is 0 Å². The largest absolute Gasteiger partial charge is 0.497 e. The van der Waals surface area contributed by atoms with Gasteiger partial charge < -0.3 is 19.3 Å². The van der Waals surface area contributed by atoms with Crippen LogP contribution in [-0.4, -0.2) is 29.2 Å². The van der Waals surface area contributed by atoms with Crippen molar-refractivity contribution in [2.24, 2.45) is 0 Å². The molecule has 3 rings (SSSR count). The number of aromatic nitrogens is 2. The molecule has 0 unspecified atom stereocenters. The number of para-hydroxylation sites is 1. The van der Waals surface area contributed by atoms with E-state index in [0.717, 1.165) is 11.3 Å². The van der Waals surface area contributed by atoms with Crippen LogP contribution in [0.4, 0.5) is 0 Å². The van der Waals surface area contributed by atoms with Crippen LogP contribution < -0.4 is 14.8 Å². The maximum Gasteiger partial charge on any atom is 0.264 e. The van der Waals surface area contributed by atoms with Crippen molar-refractivity contribution >= 4 is 5.91 Å². The molecule has 1 aromatic heterocycles. The van der Waals surface area contributed by atoms with Gasteiger partial charge in [0.15, 0.2) is 6.61 Å². The Labute approximate surface area is 157 Å². The minimum absolute atomic E-state index is 0.0357. The molecule has 0 atom stereocenters. The standard InChI is InChI=1S/C20H21N3O4/c1-13(2)21-20(24)16-6-4-5-7-17(16)26-12-18-22-19(23-27-18)14-8-10-15(25-3)11-9-14/h4-11,13H,12H2,1-3H3,(H,21,24). The molecule has 0 aliphatic heterocycles. The highest BCUT2D eigenvalue weighted by Crippen LogP contribution is 2.22. The maximum absolute atomic E-state index is 12.3. The number of nitrogens with one attached hydrogen (secondary N) is 1. The Balaban J connectivity index is 1.69. The third kappa shape index (κ3) is 4.63. The zero-order chi connectivity index (χ0) is 19.2. The van der Waals surface area contributed by atoms with E-state index >= 15 is 0 Å². The molecule has 2 aromatic carbocycles. The predicted octanol–water partition coefficient (Wildman–Crippen LogP) is 3.46. The fourth-order valence-corrected chi connectivity index (χ4v) is 2.43. The molecule has 27 heavy (non-hydrogen) atoms. The molecule has 1 amide bonds. The fourth-order valence-electron chi connectivity index (χ4n) is 2.43. The van der Waals surface area contributed by atoms with Crippen LogP contribution >= 0.6 is 0 Å². The molecule has 140 valence electrons. The number of carbonyl (C=O) groups excluding carboxylic acids is 1. The van der Waals surface area contributed by atoms with Crippen LogP contribution in [0.15, 0.2) is 53.1 Å². The molecule has 1 N–H and O–H groups in total. The summed E-state index contributed by atoms with van der Waals surface area (Å²) in [5, 5.41) is 6.82. The molecule has 0 fully saturated rings. The summed E-state index contributed by atoms with van der Waals surface area (Å²) in [6.45, 7) is 3.87. The summed E-state index contributed by atoms with van der Waals surface area (Å²) in [5.41, 5.74) is 1.27. The van der Waals surface area contributed by atoms with E-state index in [2.05, 4.69) is 15.5 Å². The molecule has 0 saturated heterocycles. The highest BCUT2D eigenvalue weighted by atomic mass is 16.5. The monoisotopic (exact) mass is 367 g/mol. The molecule has 0 aliphatic carbocycles. The summed E-state index contributed by atoms with van der Waals surface area (Å²) in [4.78, 5) is 16.6. The maximum atomic E-state index is 12.3. The SMILES string of the molecule is COc1ccc(-c2noc(COc3ccccc3C(=O)NC(C)C)n2)cc1. The lowest BCUT2D eigenvalue weighted by atomic mass is 10.2. The van der Waals surface area contributed by atoms with Crippen molar-refractivity contribution in [1.29, 1.82) is 0 Å². The van der Waals surface area contributed by atoms with E-state index in [4.69, 9.17) is 14.0 Å². The van der Waals surface area contributed by atoms with Gasteiger partial charge in [-0.05, 0) is 50.2 Å². The highest BCUT2D eigenvalue weighted by Gasteiger charge is 2.15. The van der Waals surface area contributed by atoms with Crippen molar-refractivity contribution in [3.63, 3.8) is 0 Å². The van der Waals surface area contributed by atoms with Crippen LogP contribution in [-0.2, 0) is 6.61 Å². The number of ether oxygens (including phenoxy) is 2. The Hall–Kier alpha value is -3.35. The number of methoxy groups -OCH3 is 1. The second-order valence-corrected chi connectivity index (χ2v) is 6.15. The van der Waals surface area contributed by atoms with Crippen molar-refractivity contribution in [2.75, 3.05) is 7.11 Å². The minimum atomic E-state index is -0.190. The van der Waals surface area contributed by atoms with Crippen LogP contribution in [0.2, 0.25) is 0 Å². The number of hydrogen-bond acceptors (Lipinski definition) is 6. The summed E-state index contributed by atoms with van der Waals surface area (Å²) in [6, 6.07) is 14.4. The lowest BCUT2D eigenvalue weighted by molar-refractivity contribution is 0.0937. The molecule has 0 saturated carbocycles. The number of nitrogens with zero attached hydrogens (tertiary/aromatic N) is 2. The van der Waals surface area contributed by atoms with Crippen LogP contribution in [0.25, 0.3) is 11.4 Å². The van der Waals surface area contributed by atoms with Gasteiger partial charge in [0, 0.05) is 11.6 Å². The molecular formula is C20H21N3O4. The number of rotatable bonds is 7. The summed E-state index contributed by atoms with van der Waals surface area (Å²) in [7, 11) is 1.61. The van der Waals surface area contributed by atoms with E-state index in [0.29, 0.717) is 23.0 Å². The lowest BCUT2D eigenvalue weighted by Gasteiger charge is -2.12. The third-order valence-electron chi connectivity index (χ3n) is 3.72. The normalized spacial score (nSPS) is 10.7. The van der Waals surface area contributed by atoms with Gasteiger partial charge in [0.05, 0.1) is 12.7 Å². The number of benzene rings is 2. The van der Waals surface area contributed by atoms with Gasteiger partial charge in [0.1, 0.15) is 11.5 Å². The third-order valence-corrected chi connectivity index (χ3v) is 3.72. The van der Waals surface area contributed by atoms with Crippen molar-refractivity contribution in [3.8, 4) is 22.9 Å². The van der Waals surface area contributed by atoms with Crippen LogP contribution in [0.3, 0.4) is 0 Å². The van der Waals surface area contributed by atoms with E-state index in [1.54, 1.807) is 31.4 Å². The smallest absolute Gasteiger partial charge is 0.264 e. The topological polar surface area (TPSA) is 86.5 Å². The molecule has 7 nitrogen and oxygen atoms in total. The fraction of sp³-hybridized carbons (Fsp3) is 0.250. The van der Waals surface area contributed by atoms with E-state index in [1.165, 1.54) is 0 Å². The Morgan fingerprint density at radius 2 is 1.89 bits per heavy atom. The zero-order valence-electron chi connectivity index (χ0n) is 15.4. The van der Waals surface area contributed by atoms with E-state index in [1.807, 2.05) is 38.1 Å². The van der Waals surface area contributed by atoms with E-state index in [9.17, 15) is 4.79 Å². The van der Waals surface area contributed by atoms with Crippen molar-refractivity contribution in [2.45, 2.75) is 26.5 Å². The lowest BCUT2D eigenvalue weighted by Crippen LogP contribution is -2.30. The first-order valence-electron chi connectivity index (χ1n) is 8.56. The van der Waals surface area contributed by atoms with Crippen LogP contribution in [0, 0.1) is 0 Å². The van der Waals surface area contributed by atoms with E-state index in [-0.39, 0.29) is 18.6 Å². The van der Waals surface area contributed by atoms with Crippen LogP contribution in [0.1, 0.15) is 30.1 Å². The van der Waals surface area contributed by atoms with Gasteiger partial charge in [-0.3, -0.25) is 4.79 Å². The molecule has 0 bridgehead atoms. The van der Waals surface area contributed by atoms with Gasteiger partial charge in [0.25, 0.3) is 11.8 Å². The van der Waals surface area contributed by atoms with Gasteiger partial charge in [-0.1, -0.05) is 17.3 Å². The second-order valence-electron chi connectivity index (χ2n) is 6.15. The molecule has 0 spiro atoms. The summed E-state index contributed by atoms with van der Waals surface area (Å²) in [5.74, 6) is 1.80. The van der Waals surface area contributed by atoms with E-state index < -0.39 is 0 Å².